The molecule has 1 aliphatic heterocycles. The average molecular weight is 237 g/mol. The van der Waals surface area contributed by atoms with Gasteiger partial charge in [-0.2, -0.15) is 5.10 Å². The third-order valence-corrected chi connectivity index (χ3v) is 3.48. The molecule has 0 aliphatic carbocycles. The number of hydrogen-bond acceptors (Lipinski definition) is 3. The second kappa shape index (κ2) is 6.17. The van der Waals surface area contributed by atoms with Crippen LogP contribution in [-0.2, 0) is 11.2 Å². The van der Waals surface area contributed by atoms with E-state index in [2.05, 4.69) is 29.4 Å². The van der Waals surface area contributed by atoms with Gasteiger partial charge in [0.25, 0.3) is 0 Å². The highest BCUT2D eigenvalue weighted by molar-refractivity contribution is 5.14. The Balaban J connectivity index is 1.61. The van der Waals surface area contributed by atoms with Gasteiger partial charge in [0.15, 0.2) is 0 Å². The third kappa shape index (κ3) is 3.82. The van der Waals surface area contributed by atoms with E-state index in [4.69, 9.17) is 4.74 Å². The van der Waals surface area contributed by atoms with Crippen molar-refractivity contribution in [2.24, 2.45) is 0 Å². The van der Waals surface area contributed by atoms with Gasteiger partial charge in [-0.15, -0.1) is 0 Å². The lowest BCUT2D eigenvalue weighted by Crippen LogP contribution is -2.38. The van der Waals surface area contributed by atoms with E-state index in [1.807, 2.05) is 6.20 Å². The summed E-state index contributed by atoms with van der Waals surface area (Å²) in [6.45, 7) is 6.22. The van der Waals surface area contributed by atoms with Gasteiger partial charge in [-0.25, -0.2) is 0 Å². The number of aromatic amines is 1. The summed E-state index contributed by atoms with van der Waals surface area (Å²) in [5.41, 5.74) is 2.54. The molecule has 0 bridgehead atoms. The molecular weight excluding hydrogens is 214 g/mol. The van der Waals surface area contributed by atoms with E-state index in [0.29, 0.717) is 12.1 Å². The fourth-order valence-electron chi connectivity index (χ4n) is 2.40. The third-order valence-electron chi connectivity index (χ3n) is 3.48. The van der Waals surface area contributed by atoms with Gasteiger partial charge in [-0.3, -0.25) is 5.10 Å². The number of hydrogen-bond donors (Lipinski definition) is 2. The number of aromatic nitrogens is 2. The van der Waals surface area contributed by atoms with Crippen LogP contribution in [0.4, 0.5) is 0 Å². The lowest BCUT2D eigenvalue weighted by Gasteiger charge is -2.28. The molecule has 0 radical (unpaired) electrons. The zero-order valence-electron chi connectivity index (χ0n) is 10.8. The Hall–Kier alpha value is -0.870. The first kappa shape index (κ1) is 12.6. The quantitative estimate of drug-likeness (QED) is 0.768. The largest absolute Gasteiger partial charge is 0.378 e. The average Bonchev–Trinajstić information content (AvgIpc) is 2.71. The number of H-pyrrole nitrogens is 1. The van der Waals surface area contributed by atoms with Crippen molar-refractivity contribution in [3.05, 3.63) is 17.5 Å². The Morgan fingerprint density at radius 2 is 2.47 bits per heavy atom. The number of nitrogens with one attached hydrogen (secondary N) is 2. The first-order valence-corrected chi connectivity index (χ1v) is 6.59. The highest BCUT2D eigenvalue weighted by Gasteiger charge is 2.18. The van der Waals surface area contributed by atoms with Crippen molar-refractivity contribution >= 4 is 0 Å². The van der Waals surface area contributed by atoms with Crippen molar-refractivity contribution in [2.75, 3.05) is 13.2 Å². The van der Waals surface area contributed by atoms with Gasteiger partial charge in [0.05, 0.1) is 12.3 Å². The fourth-order valence-corrected chi connectivity index (χ4v) is 2.40. The first-order chi connectivity index (χ1) is 8.25. The smallest absolute Gasteiger partial charge is 0.0561 e. The number of ether oxygens (including phenoxy) is 1. The Morgan fingerprint density at radius 3 is 3.18 bits per heavy atom. The van der Waals surface area contributed by atoms with E-state index in [9.17, 15) is 0 Å². The van der Waals surface area contributed by atoms with Gasteiger partial charge in [-0.05, 0) is 51.6 Å². The van der Waals surface area contributed by atoms with E-state index >= 15 is 0 Å². The lowest BCUT2D eigenvalue weighted by molar-refractivity contribution is 0.0134. The molecule has 1 aliphatic rings. The zero-order chi connectivity index (χ0) is 12.1. The SMILES string of the molecule is Cc1[nH]ncc1CCCNC1CCOC(C)C1. The summed E-state index contributed by atoms with van der Waals surface area (Å²) in [5.74, 6) is 0. The normalized spacial score (nSPS) is 25.1. The van der Waals surface area contributed by atoms with Crippen molar-refractivity contribution in [1.82, 2.24) is 15.5 Å². The highest BCUT2D eigenvalue weighted by atomic mass is 16.5. The molecule has 2 heterocycles. The Labute approximate surface area is 103 Å². The molecule has 2 unspecified atom stereocenters. The molecule has 0 amide bonds. The Kier molecular flexibility index (Phi) is 4.57. The minimum absolute atomic E-state index is 0.414. The highest BCUT2D eigenvalue weighted by Crippen LogP contribution is 2.13. The van der Waals surface area contributed by atoms with Crippen LogP contribution in [0.1, 0.15) is 37.4 Å². The summed E-state index contributed by atoms with van der Waals surface area (Å²) in [7, 11) is 0. The number of aryl methyl sites for hydroxylation is 2. The Morgan fingerprint density at radius 1 is 1.59 bits per heavy atom. The molecule has 1 aromatic heterocycles. The van der Waals surface area contributed by atoms with Crippen molar-refractivity contribution in [1.29, 1.82) is 0 Å². The van der Waals surface area contributed by atoms with Crippen LogP contribution >= 0.6 is 0 Å². The van der Waals surface area contributed by atoms with Crippen LogP contribution in [0, 0.1) is 6.92 Å². The molecule has 1 saturated heterocycles. The maximum absolute atomic E-state index is 5.54. The van der Waals surface area contributed by atoms with Crippen molar-refractivity contribution in [2.45, 2.75) is 51.7 Å². The fraction of sp³-hybridized carbons (Fsp3) is 0.769. The molecule has 0 aromatic carbocycles. The van der Waals surface area contributed by atoms with Crippen molar-refractivity contribution in [3.63, 3.8) is 0 Å². The summed E-state index contributed by atoms with van der Waals surface area (Å²) >= 11 is 0. The monoisotopic (exact) mass is 237 g/mol. The van der Waals surface area contributed by atoms with Gasteiger partial charge in [-0.1, -0.05) is 0 Å². The van der Waals surface area contributed by atoms with E-state index in [-0.39, 0.29) is 0 Å². The summed E-state index contributed by atoms with van der Waals surface area (Å²) < 4.78 is 5.54. The van der Waals surface area contributed by atoms with Crippen LogP contribution in [0.5, 0.6) is 0 Å². The molecular formula is C13H23N3O. The maximum atomic E-state index is 5.54. The topological polar surface area (TPSA) is 49.9 Å². The van der Waals surface area contributed by atoms with Crippen LogP contribution < -0.4 is 5.32 Å². The minimum atomic E-state index is 0.414. The van der Waals surface area contributed by atoms with Gasteiger partial charge in [0.2, 0.25) is 0 Å². The van der Waals surface area contributed by atoms with Crippen LogP contribution in [0.3, 0.4) is 0 Å². The van der Waals surface area contributed by atoms with Crippen molar-refractivity contribution in [3.8, 4) is 0 Å². The predicted octanol–water partition coefficient (Wildman–Crippen LogP) is 1.81. The molecule has 0 spiro atoms. The molecule has 2 N–H and O–H groups in total. The summed E-state index contributed by atoms with van der Waals surface area (Å²) in [4.78, 5) is 0. The van der Waals surface area contributed by atoms with Gasteiger partial charge in [0, 0.05) is 18.3 Å². The van der Waals surface area contributed by atoms with Crippen LogP contribution in [-0.4, -0.2) is 35.5 Å². The molecule has 4 heteroatoms. The van der Waals surface area contributed by atoms with Crippen LogP contribution in [0.25, 0.3) is 0 Å². The van der Waals surface area contributed by atoms with Gasteiger partial charge in [0.1, 0.15) is 0 Å². The summed E-state index contributed by atoms with van der Waals surface area (Å²) in [5, 5.41) is 10.6. The van der Waals surface area contributed by atoms with Crippen LogP contribution in [0.15, 0.2) is 6.20 Å². The summed E-state index contributed by atoms with van der Waals surface area (Å²) in [6, 6.07) is 0.643. The van der Waals surface area contributed by atoms with E-state index in [0.717, 1.165) is 32.4 Å². The number of rotatable bonds is 5. The lowest BCUT2D eigenvalue weighted by atomic mass is 10.0. The van der Waals surface area contributed by atoms with Crippen LogP contribution in [0.2, 0.25) is 0 Å². The maximum Gasteiger partial charge on any atom is 0.0561 e. The first-order valence-electron chi connectivity index (χ1n) is 6.59. The minimum Gasteiger partial charge on any atom is -0.378 e. The summed E-state index contributed by atoms with van der Waals surface area (Å²) in [6.07, 6.45) is 6.92. The number of nitrogens with zero attached hydrogens (tertiary/aromatic N) is 1. The molecule has 4 nitrogen and oxygen atoms in total. The van der Waals surface area contributed by atoms with E-state index < -0.39 is 0 Å². The second-order valence-electron chi connectivity index (χ2n) is 4.98. The standard InChI is InChI=1S/C13H23N3O/c1-10-8-13(5-7-17-10)14-6-3-4-12-9-15-16-11(12)2/h9-10,13-14H,3-8H2,1-2H3,(H,15,16). The molecule has 1 aromatic rings. The second-order valence-corrected chi connectivity index (χ2v) is 4.98. The zero-order valence-corrected chi connectivity index (χ0v) is 10.8. The van der Waals surface area contributed by atoms with E-state index in [1.54, 1.807) is 0 Å². The molecule has 17 heavy (non-hydrogen) atoms. The molecule has 1 fully saturated rings. The van der Waals surface area contributed by atoms with Gasteiger partial charge < -0.3 is 10.1 Å². The van der Waals surface area contributed by atoms with Crippen molar-refractivity contribution < 1.29 is 4.74 Å². The molecule has 2 rings (SSSR count). The Bertz CT molecular complexity index is 337. The molecule has 2 atom stereocenters. The predicted molar refractivity (Wildman–Crippen MR) is 68.1 cm³/mol. The molecule has 96 valence electrons. The van der Waals surface area contributed by atoms with Gasteiger partial charge >= 0.3 is 0 Å². The van der Waals surface area contributed by atoms with E-state index in [1.165, 1.54) is 17.7 Å². The molecule has 0 saturated carbocycles.